The molecule has 0 unspecified atom stereocenters. The summed E-state index contributed by atoms with van der Waals surface area (Å²) in [5.74, 6) is 0. The SMILES string of the molecule is S=C(Nc1ccc(N2CCOCC2)c2nonc12)NC1CCCCC1. The summed E-state index contributed by atoms with van der Waals surface area (Å²) in [6.45, 7) is 3.14. The molecule has 1 saturated heterocycles. The molecule has 1 aliphatic heterocycles. The molecule has 2 heterocycles. The lowest BCUT2D eigenvalue weighted by Crippen LogP contribution is -2.39. The van der Waals surface area contributed by atoms with Crippen molar-refractivity contribution in [3.05, 3.63) is 12.1 Å². The third kappa shape index (κ3) is 3.69. The van der Waals surface area contributed by atoms with E-state index in [4.69, 9.17) is 21.6 Å². The number of hydrogen-bond donors (Lipinski definition) is 2. The quantitative estimate of drug-likeness (QED) is 0.808. The molecule has 2 aliphatic rings. The van der Waals surface area contributed by atoms with E-state index in [2.05, 4.69) is 25.8 Å². The number of anilines is 2. The van der Waals surface area contributed by atoms with Crippen LogP contribution in [0.1, 0.15) is 32.1 Å². The lowest BCUT2D eigenvalue weighted by Gasteiger charge is -2.29. The van der Waals surface area contributed by atoms with E-state index in [0.29, 0.717) is 16.7 Å². The Morgan fingerprint density at radius 1 is 1.08 bits per heavy atom. The lowest BCUT2D eigenvalue weighted by atomic mass is 9.96. The maximum absolute atomic E-state index is 5.48. The molecule has 1 aliphatic carbocycles. The molecule has 2 fully saturated rings. The van der Waals surface area contributed by atoms with Crippen molar-refractivity contribution in [2.24, 2.45) is 0 Å². The van der Waals surface area contributed by atoms with Crippen LogP contribution in [-0.2, 0) is 4.74 Å². The molecule has 0 bridgehead atoms. The van der Waals surface area contributed by atoms with E-state index >= 15 is 0 Å². The van der Waals surface area contributed by atoms with Crippen LogP contribution in [0.15, 0.2) is 16.8 Å². The van der Waals surface area contributed by atoms with Crippen molar-refractivity contribution in [1.29, 1.82) is 0 Å². The molecular formula is C17H23N5O2S. The van der Waals surface area contributed by atoms with E-state index in [1.54, 1.807) is 0 Å². The average Bonchev–Trinajstić information content (AvgIpc) is 3.14. The first kappa shape index (κ1) is 16.5. The molecule has 0 amide bonds. The molecule has 2 aromatic rings. The second-order valence-corrected chi connectivity index (χ2v) is 7.03. The first-order valence-corrected chi connectivity index (χ1v) is 9.37. The van der Waals surface area contributed by atoms with Gasteiger partial charge in [0.25, 0.3) is 0 Å². The van der Waals surface area contributed by atoms with Crippen molar-refractivity contribution >= 4 is 39.7 Å². The predicted octanol–water partition coefficient (Wildman–Crippen LogP) is 2.68. The number of hydrogen-bond acceptors (Lipinski definition) is 6. The highest BCUT2D eigenvalue weighted by Gasteiger charge is 2.20. The van der Waals surface area contributed by atoms with Gasteiger partial charge in [0.1, 0.15) is 0 Å². The summed E-state index contributed by atoms with van der Waals surface area (Å²) in [6, 6.07) is 4.50. The van der Waals surface area contributed by atoms with E-state index in [1.807, 2.05) is 12.1 Å². The van der Waals surface area contributed by atoms with Gasteiger partial charge >= 0.3 is 0 Å². The number of morpholine rings is 1. The summed E-state index contributed by atoms with van der Waals surface area (Å²) in [5, 5.41) is 15.5. The summed E-state index contributed by atoms with van der Waals surface area (Å²) in [7, 11) is 0. The van der Waals surface area contributed by atoms with Gasteiger partial charge in [-0.15, -0.1) is 0 Å². The van der Waals surface area contributed by atoms with E-state index in [0.717, 1.165) is 43.2 Å². The summed E-state index contributed by atoms with van der Waals surface area (Å²) in [4.78, 5) is 2.25. The number of benzene rings is 1. The maximum atomic E-state index is 5.48. The molecular weight excluding hydrogens is 338 g/mol. The van der Waals surface area contributed by atoms with Crippen molar-refractivity contribution in [1.82, 2.24) is 15.6 Å². The molecule has 1 aromatic carbocycles. The molecule has 8 heteroatoms. The van der Waals surface area contributed by atoms with Gasteiger partial charge in [-0.25, -0.2) is 4.63 Å². The number of rotatable bonds is 3. The van der Waals surface area contributed by atoms with Crippen LogP contribution < -0.4 is 15.5 Å². The Kier molecular flexibility index (Phi) is 4.98. The van der Waals surface area contributed by atoms with Crippen LogP contribution in [0.2, 0.25) is 0 Å². The van der Waals surface area contributed by atoms with Crippen LogP contribution in [-0.4, -0.2) is 47.8 Å². The van der Waals surface area contributed by atoms with Gasteiger partial charge in [0, 0.05) is 19.1 Å². The lowest BCUT2D eigenvalue weighted by molar-refractivity contribution is 0.123. The molecule has 0 spiro atoms. The van der Waals surface area contributed by atoms with Crippen molar-refractivity contribution < 1.29 is 9.37 Å². The first-order valence-electron chi connectivity index (χ1n) is 8.97. The molecule has 1 saturated carbocycles. The van der Waals surface area contributed by atoms with Crippen LogP contribution >= 0.6 is 12.2 Å². The maximum Gasteiger partial charge on any atom is 0.171 e. The van der Waals surface area contributed by atoms with Crippen molar-refractivity contribution in [3.63, 3.8) is 0 Å². The minimum atomic E-state index is 0.465. The fourth-order valence-electron chi connectivity index (χ4n) is 3.60. The molecule has 134 valence electrons. The van der Waals surface area contributed by atoms with E-state index in [9.17, 15) is 0 Å². The van der Waals surface area contributed by atoms with Gasteiger partial charge in [-0.2, -0.15) is 0 Å². The van der Waals surface area contributed by atoms with Crippen molar-refractivity contribution in [3.8, 4) is 0 Å². The Hall–Kier alpha value is -1.93. The fraction of sp³-hybridized carbons (Fsp3) is 0.588. The van der Waals surface area contributed by atoms with Crippen molar-refractivity contribution in [2.45, 2.75) is 38.1 Å². The van der Waals surface area contributed by atoms with Gasteiger partial charge in [0.15, 0.2) is 16.1 Å². The summed E-state index contributed by atoms with van der Waals surface area (Å²) >= 11 is 5.48. The number of aromatic nitrogens is 2. The summed E-state index contributed by atoms with van der Waals surface area (Å²) < 4.78 is 10.4. The van der Waals surface area contributed by atoms with Gasteiger partial charge in [-0.1, -0.05) is 19.3 Å². The Morgan fingerprint density at radius 3 is 2.64 bits per heavy atom. The van der Waals surface area contributed by atoms with E-state index in [1.165, 1.54) is 32.1 Å². The third-order valence-corrected chi connectivity index (χ3v) is 5.15. The number of thiocarbonyl (C=S) groups is 1. The van der Waals surface area contributed by atoms with Crippen LogP contribution in [0.4, 0.5) is 11.4 Å². The third-order valence-electron chi connectivity index (χ3n) is 4.93. The van der Waals surface area contributed by atoms with Crippen molar-refractivity contribution in [2.75, 3.05) is 36.5 Å². The van der Waals surface area contributed by atoms with Gasteiger partial charge in [-0.05, 0) is 47.5 Å². The largest absolute Gasteiger partial charge is 0.378 e. The number of fused-ring (bicyclic) bond motifs is 1. The summed E-state index contributed by atoms with van der Waals surface area (Å²) in [5.41, 5.74) is 3.31. The fourth-order valence-corrected chi connectivity index (χ4v) is 3.88. The monoisotopic (exact) mass is 361 g/mol. The Morgan fingerprint density at radius 2 is 1.84 bits per heavy atom. The van der Waals surface area contributed by atoms with Gasteiger partial charge < -0.3 is 20.3 Å². The van der Waals surface area contributed by atoms with E-state index < -0.39 is 0 Å². The Balaban J connectivity index is 1.50. The standard InChI is InChI=1S/C17H23N5O2S/c25-17(18-12-4-2-1-3-5-12)19-13-6-7-14(16-15(13)20-24-21-16)22-8-10-23-11-9-22/h6-7,12H,1-5,8-11H2,(H2,18,19,25). The average molecular weight is 361 g/mol. The van der Waals surface area contributed by atoms with Crippen LogP contribution in [0.25, 0.3) is 11.0 Å². The Bertz CT molecular complexity index is 738. The summed E-state index contributed by atoms with van der Waals surface area (Å²) in [6.07, 6.45) is 6.22. The van der Waals surface area contributed by atoms with Gasteiger partial charge in [0.2, 0.25) is 0 Å². The van der Waals surface area contributed by atoms with Crippen LogP contribution in [0, 0.1) is 0 Å². The normalized spacial score (nSPS) is 19.1. The zero-order valence-corrected chi connectivity index (χ0v) is 15.0. The van der Waals surface area contributed by atoms with Crippen LogP contribution in [0.5, 0.6) is 0 Å². The molecule has 7 nitrogen and oxygen atoms in total. The highest BCUT2D eigenvalue weighted by atomic mass is 32.1. The second-order valence-electron chi connectivity index (χ2n) is 6.63. The van der Waals surface area contributed by atoms with Crippen LogP contribution in [0.3, 0.4) is 0 Å². The van der Waals surface area contributed by atoms with Gasteiger partial charge in [-0.3, -0.25) is 0 Å². The predicted molar refractivity (Wildman–Crippen MR) is 101 cm³/mol. The topological polar surface area (TPSA) is 75.5 Å². The van der Waals surface area contributed by atoms with Gasteiger partial charge in [0.05, 0.1) is 24.6 Å². The highest BCUT2D eigenvalue weighted by Crippen LogP contribution is 2.30. The zero-order chi connectivity index (χ0) is 17.1. The number of ether oxygens (including phenoxy) is 1. The molecule has 25 heavy (non-hydrogen) atoms. The highest BCUT2D eigenvalue weighted by molar-refractivity contribution is 7.80. The molecule has 0 atom stereocenters. The minimum absolute atomic E-state index is 0.465. The minimum Gasteiger partial charge on any atom is -0.378 e. The number of nitrogens with one attached hydrogen (secondary N) is 2. The van der Waals surface area contributed by atoms with E-state index in [-0.39, 0.29) is 0 Å². The smallest absolute Gasteiger partial charge is 0.171 e. The molecule has 4 rings (SSSR count). The second kappa shape index (κ2) is 7.53. The first-order chi connectivity index (χ1) is 12.3. The Labute approximate surface area is 152 Å². The molecule has 1 aromatic heterocycles. The molecule has 0 radical (unpaired) electrons. The zero-order valence-electron chi connectivity index (χ0n) is 14.2. The molecule has 2 N–H and O–H groups in total. The number of nitrogens with zero attached hydrogens (tertiary/aromatic N) is 3.